The van der Waals surface area contributed by atoms with Crippen molar-refractivity contribution in [1.82, 2.24) is 0 Å². The number of sulfonamides is 1. The summed E-state index contributed by atoms with van der Waals surface area (Å²) in [4.78, 5) is 0.0303. The second-order valence-corrected chi connectivity index (χ2v) is 6.74. The number of hydrogen-bond acceptors (Lipinski definition) is 3. The van der Waals surface area contributed by atoms with E-state index in [0.29, 0.717) is 16.8 Å². The smallest absolute Gasteiger partial charge is 0.238 e. The summed E-state index contributed by atoms with van der Waals surface area (Å²) >= 11 is 0. The van der Waals surface area contributed by atoms with Crippen LogP contribution in [0, 0.1) is 0 Å². The fourth-order valence-electron chi connectivity index (χ4n) is 2.58. The number of nitrogens with two attached hydrogens (primary N) is 2. The Morgan fingerprint density at radius 1 is 0.696 bits per heavy atom. The van der Waals surface area contributed by atoms with Gasteiger partial charge >= 0.3 is 0 Å². The first-order valence-electron chi connectivity index (χ1n) is 7.04. The Balaban J connectivity index is 2.22. The van der Waals surface area contributed by atoms with Crippen molar-refractivity contribution in [3.63, 3.8) is 0 Å². The average molecular weight is 324 g/mol. The van der Waals surface area contributed by atoms with Crippen LogP contribution >= 0.6 is 0 Å². The van der Waals surface area contributed by atoms with E-state index in [1.165, 1.54) is 6.07 Å². The van der Waals surface area contributed by atoms with E-state index < -0.39 is 10.0 Å². The maximum Gasteiger partial charge on any atom is 0.238 e. The highest BCUT2D eigenvalue weighted by Gasteiger charge is 2.17. The summed E-state index contributed by atoms with van der Waals surface area (Å²) in [6.07, 6.45) is 0. The highest BCUT2D eigenvalue weighted by atomic mass is 32.2. The summed E-state index contributed by atoms with van der Waals surface area (Å²) in [7, 11) is -3.86. The van der Waals surface area contributed by atoms with Crippen LogP contribution in [0.4, 0.5) is 5.69 Å². The Hall–Kier alpha value is -2.63. The van der Waals surface area contributed by atoms with E-state index in [-0.39, 0.29) is 4.90 Å². The lowest BCUT2D eigenvalue weighted by atomic mass is 9.98. The number of benzene rings is 3. The number of rotatable bonds is 3. The van der Waals surface area contributed by atoms with Crippen LogP contribution in [0.3, 0.4) is 0 Å². The summed E-state index contributed by atoms with van der Waals surface area (Å²) in [6, 6.07) is 22.1. The fourth-order valence-corrected chi connectivity index (χ4v) is 3.37. The molecule has 0 spiro atoms. The van der Waals surface area contributed by atoms with Crippen molar-refractivity contribution in [2.45, 2.75) is 4.90 Å². The van der Waals surface area contributed by atoms with Crippen LogP contribution in [0.2, 0.25) is 0 Å². The molecule has 0 aliphatic carbocycles. The van der Waals surface area contributed by atoms with Crippen molar-refractivity contribution < 1.29 is 8.42 Å². The summed E-state index contributed by atoms with van der Waals surface area (Å²) in [5, 5.41) is 5.33. The van der Waals surface area contributed by atoms with Crippen molar-refractivity contribution in [3.05, 3.63) is 72.8 Å². The Labute approximate surface area is 135 Å². The third-order valence-electron chi connectivity index (χ3n) is 3.62. The van der Waals surface area contributed by atoms with Crippen LogP contribution in [0.25, 0.3) is 22.3 Å². The standard InChI is InChI=1S/C18H16N2O2S/c19-16-10-5-11-17(23(20,21)22)18(16)15-9-4-8-14(12-15)13-6-2-1-3-7-13/h1-12H,19H2,(H2,20,21,22). The third kappa shape index (κ3) is 3.11. The molecule has 116 valence electrons. The highest BCUT2D eigenvalue weighted by molar-refractivity contribution is 7.89. The number of anilines is 1. The summed E-state index contributed by atoms with van der Waals surface area (Å²) in [5.41, 5.74) is 9.57. The fraction of sp³-hybridized carbons (Fsp3) is 0. The third-order valence-corrected chi connectivity index (χ3v) is 4.58. The Morgan fingerprint density at radius 2 is 1.30 bits per heavy atom. The van der Waals surface area contributed by atoms with E-state index >= 15 is 0 Å². The lowest BCUT2D eigenvalue weighted by Crippen LogP contribution is -2.14. The Kier molecular flexibility index (Phi) is 3.90. The molecule has 0 saturated carbocycles. The van der Waals surface area contributed by atoms with Crippen molar-refractivity contribution >= 4 is 15.7 Å². The van der Waals surface area contributed by atoms with Crippen molar-refractivity contribution in [2.24, 2.45) is 5.14 Å². The lowest BCUT2D eigenvalue weighted by molar-refractivity contribution is 0.598. The Morgan fingerprint density at radius 3 is 2.00 bits per heavy atom. The first kappa shape index (κ1) is 15.3. The van der Waals surface area contributed by atoms with E-state index in [0.717, 1.165) is 11.1 Å². The molecular formula is C18H16N2O2S. The van der Waals surface area contributed by atoms with E-state index in [9.17, 15) is 8.42 Å². The van der Waals surface area contributed by atoms with Gasteiger partial charge in [0.25, 0.3) is 0 Å². The van der Waals surface area contributed by atoms with Gasteiger partial charge in [0.2, 0.25) is 10.0 Å². The maximum absolute atomic E-state index is 11.9. The first-order valence-corrected chi connectivity index (χ1v) is 8.58. The molecular weight excluding hydrogens is 308 g/mol. The normalized spacial score (nSPS) is 11.3. The largest absolute Gasteiger partial charge is 0.398 e. The van der Waals surface area contributed by atoms with Gasteiger partial charge in [-0.2, -0.15) is 0 Å². The molecule has 0 aliphatic rings. The van der Waals surface area contributed by atoms with Gasteiger partial charge in [0.15, 0.2) is 0 Å². The SMILES string of the molecule is Nc1cccc(S(N)(=O)=O)c1-c1cccc(-c2ccccc2)c1. The molecule has 3 aromatic carbocycles. The van der Waals surface area contributed by atoms with Crippen LogP contribution in [0.5, 0.6) is 0 Å². The molecule has 0 aromatic heterocycles. The van der Waals surface area contributed by atoms with Gasteiger partial charge in [-0.25, -0.2) is 13.6 Å². The van der Waals surface area contributed by atoms with Gasteiger partial charge in [-0.1, -0.05) is 54.6 Å². The zero-order valence-electron chi connectivity index (χ0n) is 12.3. The number of primary sulfonamides is 1. The number of nitrogen functional groups attached to an aromatic ring is 1. The second-order valence-electron chi connectivity index (χ2n) is 5.21. The first-order chi connectivity index (χ1) is 11.0. The van der Waals surface area contributed by atoms with Gasteiger partial charge in [-0.05, 0) is 34.9 Å². The monoisotopic (exact) mass is 324 g/mol. The van der Waals surface area contributed by atoms with Crippen LogP contribution < -0.4 is 10.9 Å². The van der Waals surface area contributed by atoms with Gasteiger partial charge in [-0.3, -0.25) is 0 Å². The van der Waals surface area contributed by atoms with Gasteiger partial charge < -0.3 is 5.73 Å². The molecule has 3 rings (SSSR count). The molecule has 0 aliphatic heterocycles. The molecule has 0 atom stereocenters. The molecule has 0 saturated heterocycles. The van der Waals surface area contributed by atoms with Crippen LogP contribution in [0.1, 0.15) is 0 Å². The molecule has 0 amide bonds. The van der Waals surface area contributed by atoms with Crippen LogP contribution in [0.15, 0.2) is 77.7 Å². The molecule has 4 N–H and O–H groups in total. The van der Waals surface area contributed by atoms with Gasteiger partial charge in [0.1, 0.15) is 0 Å². The maximum atomic E-state index is 11.9. The van der Waals surface area contributed by atoms with Gasteiger partial charge in [-0.15, -0.1) is 0 Å². The van der Waals surface area contributed by atoms with Gasteiger partial charge in [0.05, 0.1) is 4.90 Å². The predicted molar refractivity (Wildman–Crippen MR) is 93.1 cm³/mol. The minimum atomic E-state index is -3.86. The minimum Gasteiger partial charge on any atom is -0.398 e. The van der Waals surface area contributed by atoms with E-state index in [1.54, 1.807) is 12.1 Å². The molecule has 23 heavy (non-hydrogen) atoms. The van der Waals surface area contributed by atoms with E-state index in [4.69, 9.17) is 10.9 Å². The summed E-state index contributed by atoms with van der Waals surface area (Å²) in [6.45, 7) is 0. The average Bonchev–Trinajstić information content (AvgIpc) is 2.55. The summed E-state index contributed by atoms with van der Waals surface area (Å²) in [5.74, 6) is 0. The molecule has 4 nitrogen and oxygen atoms in total. The van der Waals surface area contributed by atoms with Crippen molar-refractivity contribution in [2.75, 3.05) is 5.73 Å². The minimum absolute atomic E-state index is 0.0303. The molecule has 0 fully saturated rings. The highest BCUT2D eigenvalue weighted by Crippen LogP contribution is 2.34. The zero-order valence-corrected chi connectivity index (χ0v) is 13.1. The Bertz CT molecular complexity index is 952. The van der Waals surface area contributed by atoms with Crippen molar-refractivity contribution in [3.8, 4) is 22.3 Å². The molecule has 5 heteroatoms. The molecule has 0 radical (unpaired) electrons. The van der Waals surface area contributed by atoms with Crippen molar-refractivity contribution in [1.29, 1.82) is 0 Å². The van der Waals surface area contributed by atoms with E-state index in [2.05, 4.69) is 0 Å². The molecule has 0 heterocycles. The summed E-state index contributed by atoms with van der Waals surface area (Å²) < 4.78 is 23.7. The van der Waals surface area contributed by atoms with Crippen LogP contribution in [-0.4, -0.2) is 8.42 Å². The molecule has 0 bridgehead atoms. The lowest BCUT2D eigenvalue weighted by Gasteiger charge is -2.12. The van der Waals surface area contributed by atoms with Crippen LogP contribution in [-0.2, 0) is 10.0 Å². The molecule has 3 aromatic rings. The van der Waals surface area contributed by atoms with E-state index in [1.807, 2.05) is 54.6 Å². The quantitative estimate of drug-likeness (QED) is 0.725. The number of hydrogen-bond donors (Lipinski definition) is 2. The topological polar surface area (TPSA) is 86.2 Å². The van der Waals surface area contributed by atoms with Gasteiger partial charge in [0, 0.05) is 11.3 Å². The second kappa shape index (κ2) is 5.87. The molecule has 0 unspecified atom stereocenters. The zero-order chi connectivity index (χ0) is 16.4. The predicted octanol–water partition coefficient (Wildman–Crippen LogP) is 3.25.